The van der Waals surface area contributed by atoms with E-state index in [-0.39, 0.29) is 5.91 Å². The van der Waals surface area contributed by atoms with Crippen LogP contribution in [0.25, 0.3) is 0 Å². The van der Waals surface area contributed by atoms with Crippen molar-refractivity contribution in [1.82, 2.24) is 5.32 Å². The summed E-state index contributed by atoms with van der Waals surface area (Å²) in [7, 11) is 0. The number of amides is 1. The molecule has 0 unspecified atom stereocenters. The van der Waals surface area contributed by atoms with Crippen molar-refractivity contribution in [3.05, 3.63) is 47.5 Å². The zero-order valence-corrected chi connectivity index (χ0v) is 14.6. The smallest absolute Gasteiger partial charge is 0.216 e. The molecular formula is C18H19ClN2OS. The Morgan fingerprint density at radius 2 is 1.91 bits per heavy atom. The van der Waals surface area contributed by atoms with Gasteiger partial charge in [0.15, 0.2) is 0 Å². The second kappa shape index (κ2) is 7.28. The number of rotatable bonds is 5. The van der Waals surface area contributed by atoms with Crippen molar-refractivity contribution in [3.63, 3.8) is 0 Å². The summed E-state index contributed by atoms with van der Waals surface area (Å²) >= 11 is 7.99. The third kappa shape index (κ3) is 3.82. The van der Waals surface area contributed by atoms with Gasteiger partial charge in [0.1, 0.15) is 0 Å². The van der Waals surface area contributed by atoms with Crippen LogP contribution in [0.15, 0.2) is 52.3 Å². The number of nitrogens with one attached hydrogen (secondary N) is 1. The maximum atomic E-state index is 10.9. The molecule has 1 amide bonds. The first kappa shape index (κ1) is 16.2. The van der Waals surface area contributed by atoms with Crippen LogP contribution in [0.3, 0.4) is 0 Å². The third-order valence-corrected chi connectivity index (χ3v) is 5.14. The average Bonchev–Trinajstić information content (AvgIpc) is 2.54. The third-order valence-electron chi connectivity index (χ3n) is 3.77. The number of hydrogen-bond donors (Lipinski definition) is 1. The van der Waals surface area contributed by atoms with Gasteiger partial charge in [-0.1, -0.05) is 35.5 Å². The lowest BCUT2D eigenvalue weighted by atomic mass is 10.2. The summed E-state index contributed by atoms with van der Waals surface area (Å²) in [6, 6.07) is 14.5. The molecule has 0 atom stereocenters. The predicted octanol–water partition coefficient (Wildman–Crippen LogP) is 4.86. The van der Waals surface area contributed by atoms with Gasteiger partial charge in [0.2, 0.25) is 5.91 Å². The van der Waals surface area contributed by atoms with Gasteiger partial charge in [-0.15, -0.1) is 0 Å². The van der Waals surface area contributed by atoms with Crippen LogP contribution in [0.1, 0.15) is 19.8 Å². The van der Waals surface area contributed by atoms with Crippen molar-refractivity contribution in [3.8, 4) is 0 Å². The Labute approximate surface area is 146 Å². The number of fused-ring (bicyclic) bond motifs is 2. The summed E-state index contributed by atoms with van der Waals surface area (Å²) in [4.78, 5) is 15.8. The van der Waals surface area contributed by atoms with Gasteiger partial charge in [-0.2, -0.15) is 0 Å². The first-order valence-corrected chi connectivity index (χ1v) is 8.93. The first-order valence-electron chi connectivity index (χ1n) is 7.73. The molecule has 3 nitrogen and oxygen atoms in total. The highest BCUT2D eigenvalue weighted by Gasteiger charge is 2.22. The monoisotopic (exact) mass is 346 g/mol. The molecule has 1 aliphatic rings. The van der Waals surface area contributed by atoms with E-state index in [9.17, 15) is 4.79 Å². The van der Waals surface area contributed by atoms with Gasteiger partial charge < -0.3 is 10.2 Å². The molecule has 0 aliphatic carbocycles. The normalized spacial score (nSPS) is 12.5. The minimum Gasteiger partial charge on any atom is -0.356 e. The zero-order chi connectivity index (χ0) is 16.2. The topological polar surface area (TPSA) is 32.3 Å². The summed E-state index contributed by atoms with van der Waals surface area (Å²) < 4.78 is 0. The van der Waals surface area contributed by atoms with Crippen molar-refractivity contribution >= 4 is 40.6 Å². The Bertz CT molecular complexity index is 720. The quantitative estimate of drug-likeness (QED) is 0.785. The van der Waals surface area contributed by atoms with Gasteiger partial charge in [-0.3, -0.25) is 4.79 Å². The lowest BCUT2D eigenvalue weighted by Gasteiger charge is -2.33. The van der Waals surface area contributed by atoms with Crippen LogP contribution in [-0.2, 0) is 4.79 Å². The molecule has 1 N–H and O–H groups in total. The van der Waals surface area contributed by atoms with E-state index in [1.807, 2.05) is 12.1 Å². The molecule has 2 aromatic rings. The minimum absolute atomic E-state index is 0.0295. The van der Waals surface area contributed by atoms with Crippen LogP contribution in [0.2, 0.25) is 5.02 Å². The molecule has 23 heavy (non-hydrogen) atoms. The number of anilines is 2. The number of nitrogens with zero attached hydrogens (tertiary/aromatic N) is 1. The second-order valence-corrected chi connectivity index (χ2v) is 7.04. The molecule has 0 saturated heterocycles. The highest BCUT2D eigenvalue weighted by molar-refractivity contribution is 7.99. The van der Waals surface area contributed by atoms with E-state index in [1.165, 1.54) is 21.2 Å². The summed E-state index contributed by atoms with van der Waals surface area (Å²) in [5.74, 6) is 0.0295. The van der Waals surface area contributed by atoms with Crippen LogP contribution in [-0.4, -0.2) is 19.0 Å². The molecule has 120 valence electrons. The van der Waals surface area contributed by atoms with Crippen molar-refractivity contribution in [2.24, 2.45) is 0 Å². The second-order valence-electron chi connectivity index (χ2n) is 5.52. The molecule has 0 radical (unpaired) electrons. The van der Waals surface area contributed by atoms with E-state index in [1.54, 1.807) is 18.7 Å². The first-order chi connectivity index (χ1) is 11.1. The molecule has 0 bridgehead atoms. The zero-order valence-electron chi connectivity index (χ0n) is 13.0. The van der Waals surface area contributed by atoms with Crippen LogP contribution >= 0.6 is 23.4 Å². The minimum atomic E-state index is 0.0295. The number of hydrogen-bond acceptors (Lipinski definition) is 3. The molecule has 1 heterocycles. The maximum Gasteiger partial charge on any atom is 0.216 e. The van der Waals surface area contributed by atoms with Crippen LogP contribution in [0, 0.1) is 0 Å². The summed E-state index contributed by atoms with van der Waals surface area (Å²) in [6.07, 6.45) is 1.96. The summed E-state index contributed by atoms with van der Waals surface area (Å²) in [6.45, 7) is 3.18. The lowest BCUT2D eigenvalue weighted by molar-refractivity contribution is -0.118. The molecule has 0 fully saturated rings. The van der Waals surface area contributed by atoms with E-state index >= 15 is 0 Å². The van der Waals surface area contributed by atoms with E-state index in [0.717, 1.165) is 31.0 Å². The fourth-order valence-corrected chi connectivity index (χ4v) is 3.95. The van der Waals surface area contributed by atoms with E-state index in [4.69, 9.17) is 11.6 Å². The molecular weight excluding hydrogens is 328 g/mol. The van der Waals surface area contributed by atoms with Gasteiger partial charge in [-0.05, 0) is 43.2 Å². The predicted molar refractivity (Wildman–Crippen MR) is 96.9 cm³/mol. The van der Waals surface area contributed by atoms with Gasteiger partial charge >= 0.3 is 0 Å². The molecule has 0 aromatic heterocycles. The molecule has 1 aliphatic heterocycles. The fourth-order valence-electron chi connectivity index (χ4n) is 2.70. The maximum absolute atomic E-state index is 10.9. The Morgan fingerprint density at radius 1 is 1.13 bits per heavy atom. The van der Waals surface area contributed by atoms with E-state index in [2.05, 4.69) is 40.5 Å². The Hall–Kier alpha value is -1.65. The SMILES string of the molecule is CC(=O)NCCCCN1c2ccccc2Sc2ccc(Cl)cc21. The number of unbranched alkanes of at least 4 members (excludes halogenated alkanes) is 1. The summed E-state index contributed by atoms with van der Waals surface area (Å²) in [5.41, 5.74) is 2.40. The fraction of sp³-hybridized carbons (Fsp3) is 0.278. The standard InChI is InChI=1S/C18H19ClN2OS/c1-13(22)20-10-4-5-11-21-15-6-2-3-7-17(15)23-18-9-8-14(19)12-16(18)21/h2-3,6-9,12H,4-5,10-11H2,1H3,(H,20,22). The number of halogens is 1. The van der Waals surface area contributed by atoms with Crippen LogP contribution in [0.5, 0.6) is 0 Å². The highest BCUT2D eigenvalue weighted by atomic mass is 35.5. The average molecular weight is 347 g/mol. The number of para-hydroxylation sites is 1. The van der Waals surface area contributed by atoms with Crippen LogP contribution in [0.4, 0.5) is 11.4 Å². The molecule has 2 aromatic carbocycles. The molecule has 5 heteroatoms. The Balaban J connectivity index is 1.78. The largest absolute Gasteiger partial charge is 0.356 e. The van der Waals surface area contributed by atoms with Crippen LogP contribution < -0.4 is 10.2 Å². The molecule has 3 rings (SSSR count). The van der Waals surface area contributed by atoms with E-state index < -0.39 is 0 Å². The van der Waals surface area contributed by atoms with Crippen molar-refractivity contribution in [1.29, 1.82) is 0 Å². The Kier molecular flexibility index (Phi) is 5.13. The van der Waals surface area contributed by atoms with Crippen molar-refractivity contribution < 1.29 is 4.79 Å². The van der Waals surface area contributed by atoms with Gasteiger partial charge in [0.05, 0.1) is 11.4 Å². The number of carbonyl (C=O) groups is 1. The number of carbonyl (C=O) groups excluding carboxylic acids is 1. The van der Waals surface area contributed by atoms with Crippen molar-refractivity contribution in [2.75, 3.05) is 18.0 Å². The molecule has 0 saturated carbocycles. The van der Waals surface area contributed by atoms with Gasteiger partial charge in [0.25, 0.3) is 0 Å². The lowest BCUT2D eigenvalue weighted by Crippen LogP contribution is -2.24. The van der Waals surface area contributed by atoms with Gasteiger partial charge in [-0.25, -0.2) is 0 Å². The van der Waals surface area contributed by atoms with E-state index in [0.29, 0.717) is 0 Å². The van der Waals surface area contributed by atoms with Gasteiger partial charge in [0, 0.05) is 34.8 Å². The van der Waals surface area contributed by atoms with Crippen molar-refractivity contribution in [2.45, 2.75) is 29.6 Å². The summed E-state index contributed by atoms with van der Waals surface area (Å²) in [5, 5.41) is 3.60. The Morgan fingerprint density at radius 3 is 2.74 bits per heavy atom. The highest BCUT2D eigenvalue weighted by Crippen LogP contribution is 2.48. The molecule has 0 spiro atoms. The number of benzene rings is 2.